The molecule has 5 rings (SSSR count). The van der Waals surface area contributed by atoms with Crippen LogP contribution in [0.2, 0.25) is 0 Å². The van der Waals surface area contributed by atoms with Crippen molar-refractivity contribution in [3.63, 3.8) is 0 Å². The highest BCUT2D eigenvalue weighted by Crippen LogP contribution is 2.33. The fourth-order valence-corrected chi connectivity index (χ4v) is 5.79. The number of piperidine rings is 1. The zero-order valence-corrected chi connectivity index (χ0v) is 21.2. The van der Waals surface area contributed by atoms with E-state index in [-0.39, 0.29) is 5.91 Å². The molecule has 1 aromatic carbocycles. The predicted molar refractivity (Wildman–Crippen MR) is 137 cm³/mol. The molecule has 3 aliphatic rings. The standard InChI is InChI=1S/C28H36F3N5O/c29-28(30,31)23-4-1-5-25(17-23)35-13-15-36(16-14-35)26-10-12-34(19-21-3-2-11-32-18-21)20-22(26)6-9-27(37)33-24-7-8-24/h1-5,11,17-18,22,24,26H,6-10,12-16,19-20H2,(H,33,37)/t22-,26+/m0/s1. The van der Waals surface area contributed by atoms with Gasteiger partial charge in [-0.3, -0.25) is 19.6 Å². The molecule has 0 spiro atoms. The molecule has 3 heterocycles. The van der Waals surface area contributed by atoms with Crippen LogP contribution < -0.4 is 10.2 Å². The Morgan fingerprint density at radius 3 is 2.54 bits per heavy atom. The van der Waals surface area contributed by atoms with Gasteiger partial charge in [0.05, 0.1) is 5.56 Å². The van der Waals surface area contributed by atoms with E-state index in [2.05, 4.69) is 31.1 Å². The molecule has 0 unspecified atom stereocenters. The first-order valence-corrected chi connectivity index (χ1v) is 13.4. The fraction of sp³-hybridized carbons (Fsp3) is 0.571. The summed E-state index contributed by atoms with van der Waals surface area (Å²) in [4.78, 5) is 23.7. The maximum atomic E-state index is 13.2. The summed E-state index contributed by atoms with van der Waals surface area (Å²) >= 11 is 0. The maximum absolute atomic E-state index is 13.2. The van der Waals surface area contributed by atoms with Crippen molar-refractivity contribution in [2.75, 3.05) is 44.2 Å². The van der Waals surface area contributed by atoms with Gasteiger partial charge in [-0.15, -0.1) is 0 Å². The van der Waals surface area contributed by atoms with Gasteiger partial charge < -0.3 is 10.2 Å². The van der Waals surface area contributed by atoms with Gasteiger partial charge in [0.15, 0.2) is 0 Å². The number of nitrogens with zero attached hydrogens (tertiary/aromatic N) is 4. The van der Waals surface area contributed by atoms with Gasteiger partial charge >= 0.3 is 6.18 Å². The summed E-state index contributed by atoms with van der Waals surface area (Å²) in [6, 6.07) is 10.5. The molecule has 1 amide bonds. The first-order chi connectivity index (χ1) is 17.8. The molecule has 1 aromatic heterocycles. The van der Waals surface area contributed by atoms with Gasteiger partial charge in [-0.25, -0.2) is 0 Å². The summed E-state index contributed by atoms with van der Waals surface area (Å²) in [7, 11) is 0. The minimum absolute atomic E-state index is 0.153. The van der Waals surface area contributed by atoms with E-state index in [4.69, 9.17) is 0 Å². The third kappa shape index (κ3) is 7.02. The topological polar surface area (TPSA) is 51.7 Å². The van der Waals surface area contributed by atoms with Gasteiger partial charge in [-0.1, -0.05) is 12.1 Å². The quantitative estimate of drug-likeness (QED) is 0.572. The first-order valence-electron chi connectivity index (χ1n) is 13.4. The van der Waals surface area contributed by atoms with Crippen LogP contribution in [0, 0.1) is 5.92 Å². The molecule has 37 heavy (non-hydrogen) atoms. The smallest absolute Gasteiger partial charge is 0.369 e. The van der Waals surface area contributed by atoms with Crippen molar-refractivity contribution >= 4 is 11.6 Å². The van der Waals surface area contributed by atoms with Crippen LogP contribution >= 0.6 is 0 Å². The van der Waals surface area contributed by atoms with Crippen molar-refractivity contribution in [1.29, 1.82) is 0 Å². The number of carbonyl (C=O) groups is 1. The van der Waals surface area contributed by atoms with E-state index < -0.39 is 11.7 Å². The number of anilines is 1. The van der Waals surface area contributed by atoms with Crippen LogP contribution in [0.1, 0.15) is 43.2 Å². The molecule has 2 atom stereocenters. The van der Waals surface area contributed by atoms with Crippen LogP contribution in [-0.4, -0.2) is 72.0 Å². The lowest BCUT2D eigenvalue weighted by Gasteiger charge is -2.47. The number of aromatic nitrogens is 1. The number of likely N-dealkylation sites (tertiary alicyclic amines) is 1. The van der Waals surface area contributed by atoms with Crippen molar-refractivity contribution in [2.45, 2.75) is 56.9 Å². The van der Waals surface area contributed by atoms with Crippen molar-refractivity contribution in [3.8, 4) is 0 Å². The van der Waals surface area contributed by atoms with Gasteiger partial charge in [0.2, 0.25) is 5.91 Å². The number of pyridine rings is 1. The Morgan fingerprint density at radius 2 is 1.84 bits per heavy atom. The van der Waals surface area contributed by atoms with Crippen LogP contribution in [-0.2, 0) is 17.5 Å². The van der Waals surface area contributed by atoms with E-state index >= 15 is 0 Å². The Bertz CT molecular complexity index is 1040. The highest BCUT2D eigenvalue weighted by Gasteiger charge is 2.36. The van der Waals surface area contributed by atoms with Crippen LogP contribution in [0.3, 0.4) is 0 Å². The van der Waals surface area contributed by atoms with E-state index in [0.29, 0.717) is 43.2 Å². The predicted octanol–water partition coefficient (Wildman–Crippen LogP) is 4.17. The average Bonchev–Trinajstić information content (AvgIpc) is 3.72. The van der Waals surface area contributed by atoms with E-state index in [0.717, 1.165) is 64.5 Å². The third-order valence-electron chi connectivity index (χ3n) is 7.91. The summed E-state index contributed by atoms with van der Waals surface area (Å²) in [5.74, 6) is 0.524. The number of halogens is 3. The molecule has 6 nitrogen and oxygen atoms in total. The second-order valence-corrected chi connectivity index (χ2v) is 10.7. The summed E-state index contributed by atoms with van der Waals surface area (Å²) in [6.45, 7) is 5.80. The molecule has 3 fully saturated rings. The third-order valence-corrected chi connectivity index (χ3v) is 7.91. The molecular weight excluding hydrogens is 479 g/mol. The van der Waals surface area contributed by atoms with E-state index in [1.54, 1.807) is 12.3 Å². The minimum atomic E-state index is -4.33. The highest BCUT2D eigenvalue weighted by molar-refractivity contribution is 5.76. The number of hydrogen-bond donors (Lipinski definition) is 1. The minimum Gasteiger partial charge on any atom is -0.369 e. The Hall–Kier alpha value is -2.65. The monoisotopic (exact) mass is 515 g/mol. The molecule has 200 valence electrons. The summed E-state index contributed by atoms with van der Waals surface area (Å²) in [6.07, 6.45) is 3.97. The lowest BCUT2D eigenvalue weighted by molar-refractivity contribution is -0.137. The summed E-state index contributed by atoms with van der Waals surface area (Å²) in [5.41, 5.74) is 1.23. The van der Waals surface area contributed by atoms with Gasteiger partial charge in [0.1, 0.15) is 0 Å². The number of benzene rings is 1. The molecule has 9 heteroatoms. The largest absolute Gasteiger partial charge is 0.416 e. The molecule has 2 aromatic rings. The first kappa shape index (κ1) is 26.0. The Kier molecular flexibility index (Phi) is 8.00. The second kappa shape index (κ2) is 11.4. The molecule has 0 bridgehead atoms. The molecule has 1 aliphatic carbocycles. The Labute approximate surface area is 216 Å². The lowest BCUT2D eigenvalue weighted by Crippen LogP contribution is -2.56. The van der Waals surface area contributed by atoms with Gasteiger partial charge in [-0.05, 0) is 68.0 Å². The Morgan fingerprint density at radius 1 is 1.03 bits per heavy atom. The number of rotatable bonds is 8. The summed E-state index contributed by atoms with van der Waals surface area (Å²) < 4.78 is 39.6. The van der Waals surface area contributed by atoms with Crippen molar-refractivity contribution in [3.05, 3.63) is 59.9 Å². The van der Waals surface area contributed by atoms with Crippen molar-refractivity contribution in [1.82, 2.24) is 20.1 Å². The second-order valence-electron chi connectivity index (χ2n) is 10.7. The van der Waals surface area contributed by atoms with Gasteiger partial charge in [-0.2, -0.15) is 13.2 Å². The van der Waals surface area contributed by atoms with Gasteiger partial charge in [0.25, 0.3) is 0 Å². The van der Waals surface area contributed by atoms with Crippen LogP contribution in [0.5, 0.6) is 0 Å². The highest BCUT2D eigenvalue weighted by atomic mass is 19.4. The number of alkyl halides is 3. The summed E-state index contributed by atoms with van der Waals surface area (Å²) in [5, 5.41) is 3.12. The zero-order chi connectivity index (χ0) is 25.8. The number of hydrogen-bond acceptors (Lipinski definition) is 5. The van der Waals surface area contributed by atoms with E-state index in [9.17, 15) is 18.0 Å². The van der Waals surface area contributed by atoms with Crippen LogP contribution in [0.25, 0.3) is 0 Å². The lowest BCUT2D eigenvalue weighted by atomic mass is 9.86. The number of carbonyl (C=O) groups excluding carboxylic acids is 1. The maximum Gasteiger partial charge on any atom is 0.416 e. The fourth-order valence-electron chi connectivity index (χ4n) is 5.79. The molecule has 2 saturated heterocycles. The molecule has 2 aliphatic heterocycles. The molecule has 1 saturated carbocycles. The van der Waals surface area contributed by atoms with Crippen molar-refractivity contribution in [2.24, 2.45) is 5.92 Å². The average molecular weight is 516 g/mol. The number of piperazine rings is 1. The van der Waals surface area contributed by atoms with E-state index in [1.165, 1.54) is 17.7 Å². The molecule has 1 N–H and O–H groups in total. The number of nitrogens with one attached hydrogen (secondary N) is 1. The van der Waals surface area contributed by atoms with Gasteiger partial charge in [0, 0.05) is 75.9 Å². The normalized spacial score (nSPS) is 23.7. The molecular formula is C28H36F3N5O. The zero-order valence-electron chi connectivity index (χ0n) is 21.2. The Balaban J connectivity index is 1.21. The van der Waals surface area contributed by atoms with Crippen LogP contribution in [0.4, 0.5) is 18.9 Å². The SMILES string of the molecule is O=C(CC[C@H]1CN(Cc2cccnc2)CC[C@H]1N1CCN(c2cccc(C(F)(F)F)c2)CC1)NC1CC1. The van der Waals surface area contributed by atoms with Crippen LogP contribution in [0.15, 0.2) is 48.8 Å². The molecule has 0 radical (unpaired) electrons. The van der Waals surface area contributed by atoms with Crippen molar-refractivity contribution < 1.29 is 18.0 Å². The number of amides is 1. The van der Waals surface area contributed by atoms with E-state index in [1.807, 2.05) is 12.3 Å².